The van der Waals surface area contributed by atoms with Gasteiger partial charge in [-0.05, 0) is 56.6 Å². The molecule has 0 unspecified atom stereocenters. The Morgan fingerprint density at radius 3 is 2.81 bits per heavy atom. The van der Waals surface area contributed by atoms with Gasteiger partial charge in [0.1, 0.15) is 0 Å². The van der Waals surface area contributed by atoms with Gasteiger partial charge in [0.05, 0.1) is 23.3 Å². The molecule has 1 aliphatic heterocycles. The van der Waals surface area contributed by atoms with Gasteiger partial charge in [0.15, 0.2) is 0 Å². The minimum absolute atomic E-state index is 0.0521. The van der Waals surface area contributed by atoms with Crippen molar-refractivity contribution in [2.24, 2.45) is 4.99 Å². The fourth-order valence-electron chi connectivity index (χ4n) is 3.28. The number of nitrogens with zero attached hydrogens (tertiary/aromatic N) is 2. The molecule has 5 nitrogen and oxygen atoms in total. The van der Waals surface area contributed by atoms with Gasteiger partial charge in [0, 0.05) is 25.2 Å². The Labute approximate surface area is 163 Å². The first-order valence-corrected chi connectivity index (χ1v) is 9.30. The summed E-state index contributed by atoms with van der Waals surface area (Å²) in [5, 5.41) is 5.59. The molecule has 148 valence electrons. The molecule has 1 fully saturated rings. The van der Waals surface area contributed by atoms with Gasteiger partial charge in [-0.15, -0.1) is 0 Å². The first kappa shape index (κ1) is 21.4. The van der Waals surface area contributed by atoms with Crippen LogP contribution in [0.15, 0.2) is 23.2 Å². The zero-order valence-corrected chi connectivity index (χ0v) is 16.6. The van der Waals surface area contributed by atoms with Crippen LogP contribution < -0.4 is 5.32 Å². The molecule has 27 heavy (non-hydrogen) atoms. The number of nitrogens with one attached hydrogen (secondary N) is 1. The van der Waals surface area contributed by atoms with E-state index in [-0.39, 0.29) is 18.2 Å². The molecular formula is C19H25F2N3O2S. The van der Waals surface area contributed by atoms with Crippen LogP contribution in [0.5, 0.6) is 0 Å². The van der Waals surface area contributed by atoms with E-state index < -0.39 is 18.1 Å². The van der Waals surface area contributed by atoms with Crippen molar-refractivity contribution in [3.63, 3.8) is 0 Å². The highest BCUT2D eigenvalue weighted by Gasteiger charge is 2.39. The standard InChI is InChI=1S/C19H25F2N3O2S/c1-13(2)26-18(25)24-7-6-22-11-19(24,3)9-16-8-14(17(20)21)4-5-15(16)10-23-12-27/h4-5,8,13,17,22H,6-7,9-11H2,1-3H3/t19-/m0/s1. The van der Waals surface area contributed by atoms with Crippen molar-refractivity contribution in [1.29, 1.82) is 0 Å². The lowest BCUT2D eigenvalue weighted by atomic mass is 9.86. The summed E-state index contributed by atoms with van der Waals surface area (Å²) in [7, 11) is 0. The number of isothiocyanates is 1. The molecule has 2 rings (SSSR count). The van der Waals surface area contributed by atoms with E-state index in [4.69, 9.17) is 4.74 Å². The van der Waals surface area contributed by atoms with Crippen LogP contribution >= 0.6 is 12.2 Å². The summed E-state index contributed by atoms with van der Waals surface area (Å²) in [5.74, 6) is 0. The van der Waals surface area contributed by atoms with Crippen molar-refractivity contribution in [2.75, 3.05) is 19.6 Å². The van der Waals surface area contributed by atoms with Crippen LogP contribution in [-0.2, 0) is 17.7 Å². The molecule has 0 aliphatic carbocycles. The number of amides is 1. The largest absolute Gasteiger partial charge is 0.447 e. The maximum Gasteiger partial charge on any atom is 0.410 e. The molecule has 1 N–H and O–H groups in total. The van der Waals surface area contributed by atoms with Crippen LogP contribution in [0.1, 0.15) is 43.9 Å². The van der Waals surface area contributed by atoms with Crippen LogP contribution in [0, 0.1) is 0 Å². The predicted molar refractivity (Wildman–Crippen MR) is 103 cm³/mol. The zero-order valence-electron chi connectivity index (χ0n) is 15.8. The monoisotopic (exact) mass is 397 g/mol. The van der Waals surface area contributed by atoms with Crippen molar-refractivity contribution < 1.29 is 18.3 Å². The lowest BCUT2D eigenvalue weighted by Gasteiger charge is -2.45. The Morgan fingerprint density at radius 2 is 2.19 bits per heavy atom. The van der Waals surface area contributed by atoms with E-state index in [1.807, 2.05) is 6.92 Å². The predicted octanol–water partition coefficient (Wildman–Crippen LogP) is 3.98. The van der Waals surface area contributed by atoms with E-state index in [0.29, 0.717) is 26.1 Å². The van der Waals surface area contributed by atoms with E-state index in [9.17, 15) is 13.6 Å². The summed E-state index contributed by atoms with van der Waals surface area (Å²) in [6, 6.07) is 4.53. The van der Waals surface area contributed by atoms with Gasteiger partial charge in [-0.25, -0.2) is 18.6 Å². The summed E-state index contributed by atoms with van der Waals surface area (Å²) in [6.07, 6.45) is -2.79. The minimum Gasteiger partial charge on any atom is -0.447 e. The summed E-state index contributed by atoms with van der Waals surface area (Å²) in [4.78, 5) is 18.2. The molecule has 1 aromatic carbocycles. The number of piperazine rings is 1. The lowest BCUT2D eigenvalue weighted by molar-refractivity contribution is 0.0271. The molecule has 1 aliphatic rings. The van der Waals surface area contributed by atoms with E-state index in [2.05, 4.69) is 27.7 Å². The van der Waals surface area contributed by atoms with Gasteiger partial charge < -0.3 is 10.1 Å². The molecule has 1 saturated heterocycles. The zero-order chi connectivity index (χ0) is 20.0. The highest BCUT2D eigenvalue weighted by molar-refractivity contribution is 7.78. The maximum atomic E-state index is 13.2. The third-order valence-corrected chi connectivity index (χ3v) is 4.72. The number of hydrogen-bond acceptors (Lipinski definition) is 5. The van der Waals surface area contributed by atoms with Gasteiger partial charge >= 0.3 is 6.09 Å². The number of thiocarbonyl (C=S) groups is 1. The third-order valence-electron chi connectivity index (χ3n) is 4.59. The number of aliphatic imine (C=N–C) groups is 1. The molecule has 0 aromatic heterocycles. The van der Waals surface area contributed by atoms with Gasteiger partial charge in [0.25, 0.3) is 6.43 Å². The number of benzene rings is 1. The van der Waals surface area contributed by atoms with Gasteiger partial charge in [-0.1, -0.05) is 12.1 Å². The second-order valence-corrected chi connectivity index (χ2v) is 7.35. The first-order chi connectivity index (χ1) is 12.8. The van der Waals surface area contributed by atoms with Crippen LogP contribution in [0.2, 0.25) is 0 Å². The SMILES string of the molecule is CC(C)OC(=O)N1CCNC[C@]1(C)Cc1cc(C(F)F)ccc1CN=C=S. The number of rotatable bonds is 6. The summed E-state index contributed by atoms with van der Waals surface area (Å²) in [6.45, 7) is 7.47. The first-order valence-electron chi connectivity index (χ1n) is 8.89. The number of carbonyl (C=O) groups excluding carboxylic acids is 1. The molecule has 8 heteroatoms. The van der Waals surface area contributed by atoms with Crippen molar-refractivity contribution in [3.05, 3.63) is 34.9 Å². The Kier molecular flexibility index (Phi) is 7.41. The van der Waals surface area contributed by atoms with Gasteiger partial charge in [-0.3, -0.25) is 4.90 Å². The topological polar surface area (TPSA) is 53.9 Å². The average Bonchev–Trinajstić information content (AvgIpc) is 2.59. The molecule has 1 amide bonds. The number of carbonyl (C=O) groups is 1. The number of alkyl halides is 2. The summed E-state index contributed by atoms with van der Waals surface area (Å²) < 4.78 is 31.8. The summed E-state index contributed by atoms with van der Waals surface area (Å²) in [5.41, 5.74) is 0.848. The quantitative estimate of drug-likeness (QED) is 0.583. The van der Waals surface area contributed by atoms with Gasteiger partial charge in [0.2, 0.25) is 0 Å². The fourth-order valence-corrected chi connectivity index (χ4v) is 3.34. The van der Waals surface area contributed by atoms with E-state index in [1.165, 1.54) is 12.1 Å². The molecule has 1 atom stereocenters. The number of halogens is 2. The second kappa shape index (κ2) is 9.35. The Hall–Kier alpha value is -1.89. The lowest BCUT2D eigenvalue weighted by Crippen LogP contribution is -2.62. The summed E-state index contributed by atoms with van der Waals surface area (Å²) >= 11 is 4.62. The highest BCUT2D eigenvalue weighted by Crippen LogP contribution is 2.29. The molecule has 0 bridgehead atoms. The highest BCUT2D eigenvalue weighted by atomic mass is 32.1. The van der Waals surface area contributed by atoms with Crippen molar-refractivity contribution >= 4 is 23.5 Å². The number of hydrogen-bond donors (Lipinski definition) is 1. The van der Waals surface area contributed by atoms with Crippen LogP contribution in [0.25, 0.3) is 0 Å². The molecule has 0 saturated carbocycles. The normalized spacial score (nSPS) is 19.9. The maximum absolute atomic E-state index is 13.2. The third kappa shape index (κ3) is 5.54. The Balaban J connectivity index is 2.36. The molecular weight excluding hydrogens is 372 g/mol. The van der Waals surface area contributed by atoms with E-state index in [1.54, 1.807) is 24.8 Å². The van der Waals surface area contributed by atoms with Crippen molar-refractivity contribution in [2.45, 2.75) is 51.8 Å². The average molecular weight is 397 g/mol. The van der Waals surface area contributed by atoms with Crippen molar-refractivity contribution in [1.82, 2.24) is 10.2 Å². The fraction of sp³-hybridized carbons (Fsp3) is 0.579. The minimum atomic E-state index is -2.56. The number of ether oxygens (including phenoxy) is 1. The van der Waals surface area contributed by atoms with Crippen molar-refractivity contribution in [3.8, 4) is 0 Å². The van der Waals surface area contributed by atoms with Crippen LogP contribution in [0.4, 0.5) is 13.6 Å². The van der Waals surface area contributed by atoms with Gasteiger partial charge in [-0.2, -0.15) is 0 Å². The van der Waals surface area contributed by atoms with Crippen LogP contribution in [0.3, 0.4) is 0 Å². The molecule has 0 spiro atoms. The molecule has 1 aromatic rings. The molecule has 1 heterocycles. The van der Waals surface area contributed by atoms with E-state index >= 15 is 0 Å². The van der Waals surface area contributed by atoms with E-state index in [0.717, 1.165) is 11.1 Å². The Morgan fingerprint density at radius 1 is 1.44 bits per heavy atom. The second-order valence-electron chi connectivity index (χ2n) is 7.17. The Bertz CT molecular complexity index is 723. The van der Waals surface area contributed by atoms with Crippen LogP contribution in [-0.4, -0.2) is 47.4 Å². The molecule has 0 radical (unpaired) electrons. The smallest absolute Gasteiger partial charge is 0.410 e.